The molecule has 4 aromatic rings. The van der Waals surface area contributed by atoms with E-state index in [-0.39, 0.29) is 11.3 Å². The number of nitrogens with zero attached hydrogens (tertiary/aromatic N) is 1. The van der Waals surface area contributed by atoms with Crippen LogP contribution in [0.3, 0.4) is 0 Å². The molecule has 152 valence electrons. The first-order chi connectivity index (χ1) is 14.9. The maximum Gasteiger partial charge on any atom is 0.270 e. The smallest absolute Gasteiger partial charge is 0.270 e. The van der Waals surface area contributed by atoms with E-state index in [0.29, 0.717) is 22.0 Å². The number of H-pyrrole nitrogens is 1. The summed E-state index contributed by atoms with van der Waals surface area (Å²) in [4.78, 5) is 39.5. The summed E-state index contributed by atoms with van der Waals surface area (Å²) in [5.74, 6) is -0.492. The number of halogens is 1. The van der Waals surface area contributed by atoms with Gasteiger partial charge in [-0.1, -0.05) is 64.5 Å². The molecule has 0 aliphatic heterocycles. The minimum absolute atomic E-state index is 0.0644. The zero-order valence-electron chi connectivity index (χ0n) is 16.0. The predicted molar refractivity (Wildman–Crippen MR) is 124 cm³/mol. The van der Waals surface area contributed by atoms with Crippen molar-refractivity contribution in [2.75, 3.05) is 0 Å². The topological polar surface area (TPSA) is 93.1 Å². The van der Waals surface area contributed by atoms with Crippen molar-refractivity contribution in [2.24, 2.45) is 0 Å². The van der Waals surface area contributed by atoms with Crippen LogP contribution >= 0.6 is 15.9 Å². The van der Waals surface area contributed by atoms with Crippen LogP contribution in [0.4, 0.5) is 5.69 Å². The van der Waals surface area contributed by atoms with Crippen LogP contribution < -0.4 is 5.56 Å². The molecule has 6 nitrogen and oxygen atoms in total. The molecule has 0 radical (unpaired) electrons. The molecule has 0 amide bonds. The Kier molecular flexibility index (Phi) is 5.60. The third kappa shape index (κ3) is 4.22. The number of benzene rings is 3. The van der Waals surface area contributed by atoms with Crippen molar-refractivity contribution in [3.8, 4) is 11.1 Å². The van der Waals surface area contributed by atoms with Crippen molar-refractivity contribution in [3.63, 3.8) is 0 Å². The van der Waals surface area contributed by atoms with Crippen LogP contribution in [0, 0.1) is 10.1 Å². The van der Waals surface area contributed by atoms with Gasteiger partial charge in [0.05, 0.1) is 10.5 Å². The van der Waals surface area contributed by atoms with Crippen LogP contribution in [0.15, 0.2) is 88.1 Å². The van der Waals surface area contributed by atoms with Gasteiger partial charge in [0.2, 0.25) is 0 Å². The highest BCUT2D eigenvalue weighted by molar-refractivity contribution is 9.10. The molecule has 0 unspecified atom stereocenters. The lowest BCUT2D eigenvalue weighted by atomic mass is 9.93. The first-order valence-corrected chi connectivity index (χ1v) is 10.1. The van der Waals surface area contributed by atoms with E-state index in [1.165, 1.54) is 24.3 Å². The van der Waals surface area contributed by atoms with Crippen LogP contribution in [0.2, 0.25) is 0 Å². The molecule has 0 atom stereocenters. The first kappa shape index (κ1) is 20.4. The van der Waals surface area contributed by atoms with Crippen molar-refractivity contribution in [2.45, 2.75) is 0 Å². The maximum absolute atomic E-state index is 13.1. The summed E-state index contributed by atoms with van der Waals surface area (Å²) in [6.45, 7) is 0. The van der Waals surface area contributed by atoms with Crippen molar-refractivity contribution in [3.05, 3.63) is 115 Å². The van der Waals surface area contributed by atoms with E-state index in [1.807, 2.05) is 30.3 Å². The number of aromatic amines is 1. The zero-order valence-corrected chi connectivity index (χ0v) is 17.6. The number of carbonyl (C=O) groups excluding carboxylic acids is 1. The molecule has 0 saturated carbocycles. The van der Waals surface area contributed by atoms with Crippen molar-refractivity contribution in [1.82, 2.24) is 4.98 Å². The lowest BCUT2D eigenvalue weighted by molar-refractivity contribution is -0.384. The molecule has 31 heavy (non-hydrogen) atoms. The van der Waals surface area contributed by atoms with Crippen LogP contribution in [0.1, 0.15) is 15.9 Å². The largest absolute Gasteiger partial charge is 0.321 e. The number of ketones is 1. The van der Waals surface area contributed by atoms with Gasteiger partial charge in [0, 0.05) is 33.1 Å². The standard InChI is InChI=1S/C24H15BrN2O4/c25-17-8-4-5-15(13-17)9-12-21(28)23-22(16-6-2-1-3-7-16)19-14-18(27(30)31)10-11-20(19)26-24(23)29/h1-14H,(H,26,29). The molecule has 0 aliphatic rings. The molecule has 0 spiro atoms. The molecule has 4 rings (SSSR count). The number of carbonyl (C=O) groups is 1. The molecule has 1 N–H and O–H groups in total. The minimum atomic E-state index is -0.552. The number of allylic oxidation sites excluding steroid dienone is 1. The van der Waals surface area contributed by atoms with Crippen LogP contribution in [-0.2, 0) is 0 Å². The molecule has 0 saturated heterocycles. The molecule has 1 heterocycles. The summed E-state index contributed by atoms with van der Waals surface area (Å²) in [6, 6.07) is 20.5. The molecular formula is C24H15BrN2O4. The number of nitro groups is 1. The van der Waals surface area contributed by atoms with E-state index in [0.717, 1.165) is 10.0 Å². The predicted octanol–water partition coefficient (Wildman–Crippen LogP) is 5.76. The first-order valence-electron chi connectivity index (χ1n) is 9.32. The molecule has 7 heteroatoms. The number of fused-ring (bicyclic) bond motifs is 1. The van der Waals surface area contributed by atoms with Crippen LogP contribution in [0.5, 0.6) is 0 Å². The number of aromatic nitrogens is 1. The number of non-ortho nitro benzene ring substituents is 1. The van der Waals surface area contributed by atoms with Gasteiger partial charge in [-0.2, -0.15) is 0 Å². The SMILES string of the molecule is O=C(C=Cc1cccc(Br)c1)c1c(-c2ccccc2)c2cc([N+](=O)[O-])ccc2[nH]c1=O. The monoisotopic (exact) mass is 474 g/mol. The van der Waals surface area contributed by atoms with Gasteiger partial charge < -0.3 is 4.98 Å². The van der Waals surface area contributed by atoms with E-state index in [9.17, 15) is 19.7 Å². The van der Waals surface area contributed by atoms with Gasteiger partial charge in [-0.05, 0) is 35.4 Å². The average molecular weight is 475 g/mol. The van der Waals surface area contributed by atoms with Crippen molar-refractivity contribution in [1.29, 1.82) is 0 Å². The van der Waals surface area contributed by atoms with Gasteiger partial charge in [-0.15, -0.1) is 0 Å². The summed E-state index contributed by atoms with van der Waals surface area (Å²) in [5.41, 5.74) is 1.46. The van der Waals surface area contributed by atoms with E-state index >= 15 is 0 Å². The quantitative estimate of drug-likeness (QED) is 0.172. The van der Waals surface area contributed by atoms with Crippen LogP contribution in [0.25, 0.3) is 28.1 Å². The summed E-state index contributed by atoms with van der Waals surface area (Å²) >= 11 is 3.38. The average Bonchev–Trinajstić information content (AvgIpc) is 2.77. The summed E-state index contributed by atoms with van der Waals surface area (Å²) in [5, 5.41) is 11.7. The minimum Gasteiger partial charge on any atom is -0.321 e. The molecule has 0 fully saturated rings. The Morgan fingerprint density at radius 2 is 1.77 bits per heavy atom. The Morgan fingerprint density at radius 1 is 1.00 bits per heavy atom. The molecule has 1 aromatic heterocycles. The fourth-order valence-corrected chi connectivity index (χ4v) is 3.82. The number of rotatable bonds is 5. The van der Waals surface area contributed by atoms with Crippen molar-refractivity contribution >= 4 is 44.4 Å². The van der Waals surface area contributed by atoms with E-state index in [4.69, 9.17) is 0 Å². The number of hydrogen-bond acceptors (Lipinski definition) is 4. The van der Waals surface area contributed by atoms with Gasteiger partial charge in [0.1, 0.15) is 0 Å². The molecule has 3 aromatic carbocycles. The van der Waals surface area contributed by atoms with E-state index < -0.39 is 16.3 Å². The second-order valence-electron chi connectivity index (χ2n) is 6.81. The summed E-state index contributed by atoms with van der Waals surface area (Å²) in [6.07, 6.45) is 2.96. The van der Waals surface area contributed by atoms with Gasteiger partial charge in [-0.3, -0.25) is 19.7 Å². The molecular weight excluding hydrogens is 460 g/mol. The Bertz CT molecular complexity index is 1410. The maximum atomic E-state index is 13.1. The van der Waals surface area contributed by atoms with E-state index in [2.05, 4.69) is 20.9 Å². The highest BCUT2D eigenvalue weighted by Gasteiger charge is 2.21. The number of nitro benzene ring substituents is 1. The normalized spacial score (nSPS) is 11.1. The Hall–Kier alpha value is -3.84. The second kappa shape index (κ2) is 8.49. The van der Waals surface area contributed by atoms with Crippen LogP contribution in [-0.4, -0.2) is 15.7 Å². The lowest BCUT2D eigenvalue weighted by Gasteiger charge is -2.11. The van der Waals surface area contributed by atoms with Gasteiger partial charge in [-0.25, -0.2) is 0 Å². The number of hydrogen-bond donors (Lipinski definition) is 1. The van der Waals surface area contributed by atoms with Crippen molar-refractivity contribution < 1.29 is 9.72 Å². The second-order valence-corrected chi connectivity index (χ2v) is 7.73. The number of pyridine rings is 1. The Labute approximate surface area is 185 Å². The number of nitrogens with one attached hydrogen (secondary N) is 1. The Morgan fingerprint density at radius 3 is 2.48 bits per heavy atom. The third-order valence-corrected chi connectivity index (χ3v) is 5.29. The van der Waals surface area contributed by atoms with Gasteiger partial charge >= 0.3 is 0 Å². The van der Waals surface area contributed by atoms with Gasteiger partial charge in [0.25, 0.3) is 11.2 Å². The fourth-order valence-electron chi connectivity index (χ4n) is 3.40. The fraction of sp³-hybridized carbons (Fsp3) is 0. The highest BCUT2D eigenvalue weighted by atomic mass is 79.9. The zero-order chi connectivity index (χ0) is 22.0. The summed E-state index contributed by atoms with van der Waals surface area (Å²) < 4.78 is 0.864. The third-order valence-electron chi connectivity index (χ3n) is 4.79. The van der Waals surface area contributed by atoms with E-state index in [1.54, 1.807) is 30.3 Å². The molecule has 0 bridgehead atoms. The molecule has 0 aliphatic carbocycles. The summed E-state index contributed by atoms with van der Waals surface area (Å²) in [7, 11) is 0. The Balaban J connectivity index is 1.95. The lowest BCUT2D eigenvalue weighted by Crippen LogP contribution is -2.18. The highest BCUT2D eigenvalue weighted by Crippen LogP contribution is 2.32. The van der Waals surface area contributed by atoms with Gasteiger partial charge in [0.15, 0.2) is 5.78 Å².